The number of hydrogen-bond acceptors (Lipinski definition) is 1. The molecule has 0 atom stereocenters. The van der Waals surface area contributed by atoms with Gasteiger partial charge in [0, 0.05) is 19.0 Å². The maximum Gasteiger partial charge on any atom is 0.141 e. The molecular formula is C12H14Cl2FN. The van der Waals surface area contributed by atoms with Gasteiger partial charge in [-0.2, -0.15) is 0 Å². The van der Waals surface area contributed by atoms with Crippen molar-refractivity contribution in [2.75, 3.05) is 12.4 Å². The molecule has 1 nitrogen and oxygen atoms in total. The minimum absolute atomic E-state index is 0.178. The zero-order valence-corrected chi connectivity index (χ0v) is 10.4. The highest BCUT2D eigenvalue weighted by molar-refractivity contribution is 6.30. The zero-order valence-electron chi connectivity index (χ0n) is 8.90. The molecular weight excluding hydrogens is 248 g/mol. The SMILES string of the molecule is Fc1ccc(CNCC2(CCl)CC2)cc1Cl. The molecule has 1 aliphatic rings. The van der Waals surface area contributed by atoms with Crippen molar-refractivity contribution in [1.29, 1.82) is 0 Å². The molecule has 0 aromatic heterocycles. The Morgan fingerprint density at radius 2 is 2.12 bits per heavy atom. The molecule has 0 amide bonds. The Labute approximate surface area is 105 Å². The van der Waals surface area contributed by atoms with Crippen molar-refractivity contribution in [3.05, 3.63) is 34.6 Å². The third-order valence-electron chi connectivity index (χ3n) is 3.05. The molecule has 16 heavy (non-hydrogen) atoms. The fourth-order valence-corrected chi connectivity index (χ4v) is 2.22. The summed E-state index contributed by atoms with van der Waals surface area (Å²) in [6, 6.07) is 4.80. The zero-order chi connectivity index (χ0) is 11.6. The smallest absolute Gasteiger partial charge is 0.141 e. The van der Waals surface area contributed by atoms with Crippen LogP contribution in [0.1, 0.15) is 18.4 Å². The molecule has 4 heteroatoms. The second-order valence-electron chi connectivity index (χ2n) is 4.49. The molecule has 0 radical (unpaired) electrons. The summed E-state index contributed by atoms with van der Waals surface area (Å²) in [6.07, 6.45) is 2.40. The van der Waals surface area contributed by atoms with E-state index in [0.29, 0.717) is 17.8 Å². The molecule has 88 valence electrons. The van der Waals surface area contributed by atoms with E-state index in [9.17, 15) is 4.39 Å². The average Bonchev–Trinajstić information content (AvgIpc) is 3.04. The van der Waals surface area contributed by atoms with Crippen LogP contribution in [0, 0.1) is 11.2 Å². The van der Waals surface area contributed by atoms with Crippen LogP contribution in [0.4, 0.5) is 4.39 Å². The summed E-state index contributed by atoms with van der Waals surface area (Å²) in [5.41, 5.74) is 1.31. The Hall–Kier alpha value is -0.310. The van der Waals surface area contributed by atoms with Gasteiger partial charge in [0.15, 0.2) is 0 Å². The molecule has 0 spiro atoms. The standard InChI is InChI=1S/C12H14Cl2FN/c13-7-12(3-4-12)8-16-6-9-1-2-11(15)10(14)5-9/h1-2,5,16H,3-4,6-8H2. The normalized spacial score (nSPS) is 17.4. The van der Waals surface area contributed by atoms with Crippen LogP contribution >= 0.6 is 23.2 Å². The first-order valence-corrected chi connectivity index (χ1v) is 6.27. The van der Waals surface area contributed by atoms with Crippen molar-refractivity contribution in [3.8, 4) is 0 Å². The minimum atomic E-state index is -0.371. The number of nitrogens with one attached hydrogen (secondary N) is 1. The maximum atomic E-state index is 12.9. The number of alkyl halides is 1. The van der Waals surface area contributed by atoms with Gasteiger partial charge in [-0.05, 0) is 36.0 Å². The highest BCUT2D eigenvalue weighted by atomic mass is 35.5. The second kappa shape index (κ2) is 4.91. The van der Waals surface area contributed by atoms with E-state index in [0.717, 1.165) is 12.1 Å². The van der Waals surface area contributed by atoms with Crippen LogP contribution in [-0.2, 0) is 6.54 Å². The van der Waals surface area contributed by atoms with Crippen molar-refractivity contribution >= 4 is 23.2 Å². The molecule has 0 unspecified atom stereocenters. The molecule has 1 fully saturated rings. The number of hydrogen-bond donors (Lipinski definition) is 1. The van der Waals surface area contributed by atoms with E-state index >= 15 is 0 Å². The third kappa shape index (κ3) is 2.88. The van der Waals surface area contributed by atoms with Gasteiger partial charge in [0.25, 0.3) is 0 Å². The van der Waals surface area contributed by atoms with Crippen LogP contribution in [-0.4, -0.2) is 12.4 Å². The summed E-state index contributed by atoms with van der Waals surface area (Å²) in [5, 5.41) is 3.52. The van der Waals surface area contributed by atoms with Gasteiger partial charge < -0.3 is 5.32 Å². The Bertz CT molecular complexity index is 377. The summed E-state index contributed by atoms with van der Waals surface area (Å²) >= 11 is 11.6. The first kappa shape index (κ1) is 12.2. The lowest BCUT2D eigenvalue weighted by molar-refractivity contribution is 0.504. The highest BCUT2D eigenvalue weighted by Crippen LogP contribution is 2.45. The van der Waals surface area contributed by atoms with E-state index in [1.54, 1.807) is 12.1 Å². The fraction of sp³-hybridized carbons (Fsp3) is 0.500. The average molecular weight is 262 g/mol. The lowest BCUT2D eigenvalue weighted by Gasteiger charge is -2.12. The van der Waals surface area contributed by atoms with Crippen LogP contribution in [0.2, 0.25) is 5.02 Å². The van der Waals surface area contributed by atoms with E-state index < -0.39 is 0 Å². The molecule has 1 aromatic rings. The monoisotopic (exact) mass is 261 g/mol. The lowest BCUT2D eigenvalue weighted by atomic mass is 10.1. The molecule has 0 bridgehead atoms. The number of halogens is 3. The van der Waals surface area contributed by atoms with Gasteiger partial charge >= 0.3 is 0 Å². The molecule has 0 saturated heterocycles. The van der Waals surface area contributed by atoms with Crippen LogP contribution in [0.25, 0.3) is 0 Å². The number of benzene rings is 1. The van der Waals surface area contributed by atoms with Gasteiger partial charge in [-0.1, -0.05) is 17.7 Å². The minimum Gasteiger partial charge on any atom is -0.312 e. The maximum absolute atomic E-state index is 12.9. The van der Waals surface area contributed by atoms with E-state index in [2.05, 4.69) is 5.32 Å². The van der Waals surface area contributed by atoms with Gasteiger partial charge in [-0.3, -0.25) is 0 Å². The van der Waals surface area contributed by atoms with Crippen molar-refractivity contribution in [2.24, 2.45) is 5.41 Å². The third-order valence-corrected chi connectivity index (χ3v) is 3.91. The Morgan fingerprint density at radius 1 is 1.38 bits per heavy atom. The first-order chi connectivity index (χ1) is 7.65. The molecule has 1 saturated carbocycles. The summed E-state index contributed by atoms with van der Waals surface area (Å²) < 4.78 is 12.9. The van der Waals surface area contributed by atoms with Crippen molar-refractivity contribution in [2.45, 2.75) is 19.4 Å². The van der Waals surface area contributed by atoms with Gasteiger partial charge in [0.2, 0.25) is 0 Å². The summed E-state index contributed by atoms with van der Waals surface area (Å²) in [4.78, 5) is 0. The Balaban J connectivity index is 1.83. The Morgan fingerprint density at radius 3 is 2.69 bits per heavy atom. The number of rotatable bonds is 5. The summed E-state index contributed by atoms with van der Waals surface area (Å²) in [5.74, 6) is 0.342. The largest absolute Gasteiger partial charge is 0.312 e. The summed E-state index contributed by atoms with van der Waals surface area (Å²) in [7, 11) is 0. The quantitative estimate of drug-likeness (QED) is 0.799. The lowest BCUT2D eigenvalue weighted by Crippen LogP contribution is -2.24. The van der Waals surface area contributed by atoms with E-state index in [1.165, 1.54) is 18.9 Å². The van der Waals surface area contributed by atoms with Crippen molar-refractivity contribution in [1.82, 2.24) is 5.32 Å². The fourth-order valence-electron chi connectivity index (χ4n) is 1.66. The van der Waals surface area contributed by atoms with E-state index in [1.807, 2.05) is 0 Å². The van der Waals surface area contributed by atoms with Gasteiger partial charge in [-0.25, -0.2) is 4.39 Å². The predicted molar refractivity (Wildman–Crippen MR) is 65.5 cm³/mol. The molecule has 0 heterocycles. The van der Waals surface area contributed by atoms with Gasteiger partial charge in [-0.15, -0.1) is 11.6 Å². The Kier molecular flexibility index (Phi) is 3.73. The molecule has 2 rings (SSSR count). The predicted octanol–water partition coefficient (Wildman–Crippen LogP) is 3.59. The van der Waals surface area contributed by atoms with E-state index in [-0.39, 0.29) is 10.8 Å². The molecule has 0 aliphatic heterocycles. The van der Waals surface area contributed by atoms with Crippen LogP contribution < -0.4 is 5.32 Å². The van der Waals surface area contributed by atoms with Gasteiger partial charge in [0.1, 0.15) is 5.82 Å². The van der Waals surface area contributed by atoms with Crippen LogP contribution in [0.3, 0.4) is 0 Å². The van der Waals surface area contributed by atoms with Crippen molar-refractivity contribution in [3.63, 3.8) is 0 Å². The van der Waals surface area contributed by atoms with E-state index in [4.69, 9.17) is 23.2 Å². The topological polar surface area (TPSA) is 12.0 Å². The highest BCUT2D eigenvalue weighted by Gasteiger charge is 2.40. The van der Waals surface area contributed by atoms with Crippen LogP contribution in [0.5, 0.6) is 0 Å². The summed E-state index contributed by atoms with van der Waals surface area (Å²) in [6.45, 7) is 1.63. The molecule has 1 N–H and O–H groups in total. The second-order valence-corrected chi connectivity index (χ2v) is 5.16. The molecule has 1 aromatic carbocycles. The van der Waals surface area contributed by atoms with Gasteiger partial charge in [0.05, 0.1) is 5.02 Å². The van der Waals surface area contributed by atoms with Crippen LogP contribution in [0.15, 0.2) is 18.2 Å². The molecule has 1 aliphatic carbocycles. The first-order valence-electron chi connectivity index (χ1n) is 5.36. The van der Waals surface area contributed by atoms with Crippen molar-refractivity contribution < 1.29 is 4.39 Å².